The lowest BCUT2D eigenvalue weighted by Gasteiger charge is -2.32. The second-order valence-electron chi connectivity index (χ2n) is 13.9. The molecule has 0 heterocycles. The van der Waals surface area contributed by atoms with Crippen molar-refractivity contribution in [3.8, 4) is 22.3 Å². The van der Waals surface area contributed by atoms with Gasteiger partial charge in [0.05, 0.1) is 5.41 Å². The fourth-order valence-corrected chi connectivity index (χ4v) is 8.92. The third kappa shape index (κ3) is 3.87. The van der Waals surface area contributed by atoms with Gasteiger partial charge in [-0.3, -0.25) is 0 Å². The molecule has 2 aliphatic carbocycles. The van der Waals surface area contributed by atoms with Crippen molar-refractivity contribution < 1.29 is 0 Å². The quantitative estimate of drug-likeness (QED) is 0.188. The molecule has 0 aliphatic heterocycles. The van der Waals surface area contributed by atoms with Gasteiger partial charge in [-0.15, -0.1) is 0 Å². The summed E-state index contributed by atoms with van der Waals surface area (Å²) in [5, 5.41) is 5.15. The minimum absolute atomic E-state index is 0.425. The predicted molar refractivity (Wildman–Crippen MR) is 207 cm³/mol. The summed E-state index contributed by atoms with van der Waals surface area (Å²) in [4.78, 5) is 2.38. The summed E-state index contributed by atoms with van der Waals surface area (Å²) in [6.07, 6.45) is 0. The molecule has 2 aliphatic rings. The van der Waals surface area contributed by atoms with Crippen LogP contribution in [0.4, 0.5) is 17.1 Å². The molecule has 0 aromatic heterocycles. The van der Waals surface area contributed by atoms with Gasteiger partial charge in [-0.1, -0.05) is 147 Å². The molecular weight excluding hydrogens is 591 g/mol. The van der Waals surface area contributed by atoms with E-state index in [0.717, 1.165) is 17.1 Å². The van der Waals surface area contributed by atoms with E-state index in [1.54, 1.807) is 0 Å². The van der Waals surface area contributed by atoms with Crippen molar-refractivity contribution in [3.63, 3.8) is 0 Å². The van der Waals surface area contributed by atoms with Crippen LogP contribution in [0, 0.1) is 0 Å². The van der Waals surface area contributed by atoms with Crippen LogP contribution in [0.1, 0.15) is 47.6 Å². The average Bonchev–Trinajstić information content (AvgIpc) is 3.63. The molecule has 8 aromatic rings. The molecule has 1 nitrogen and oxygen atoms in total. The number of anilines is 3. The van der Waals surface area contributed by atoms with Crippen LogP contribution >= 0.6 is 0 Å². The predicted octanol–water partition coefficient (Wildman–Crippen LogP) is 12.9. The first-order chi connectivity index (χ1) is 24.1. The van der Waals surface area contributed by atoms with E-state index in [9.17, 15) is 0 Å². The maximum absolute atomic E-state index is 2.39. The van der Waals surface area contributed by atoms with E-state index in [2.05, 4.69) is 189 Å². The van der Waals surface area contributed by atoms with E-state index in [4.69, 9.17) is 0 Å². The van der Waals surface area contributed by atoms with Crippen molar-refractivity contribution in [2.24, 2.45) is 0 Å². The summed E-state index contributed by atoms with van der Waals surface area (Å²) in [6, 6.07) is 63.5. The van der Waals surface area contributed by atoms with E-state index in [0.29, 0.717) is 5.92 Å². The molecular formula is C48H35N. The summed E-state index contributed by atoms with van der Waals surface area (Å²) < 4.78 is 0. The van der Waals surface area contributed by atoms with E-state index >= 15 is 0 Å². The molecule has 0 radical (unpaired) electrons. The van der Waals surface area contributed by atoms with Crippen LogP contribution in [0.3, 0.4) is 0 Å². The van der Waals surface area contributed by atoms with Crippen LogP contribution in [-0.4, -0.2) is 0 Å². The fraction of sp³-hybridized carbons (Fsp3) is 0.0833. The van der Waals surface area contributed by atoms with Gasteiger partial charge in [-0.25, -0.2) is 0 Å². The van der Waals surface area contributed by atoms with Crippen LogP contribution in [0.5, 0.6) is 0 Å². The lowest BCUT2D eigenvalue weighted by atomic mass is 9.68. The first-order valence-electron chi connectivity index (χ1n) is 17.4. The number of benzene rings is 8. The zero-order valence-electron chi connectivity index (χ0n) is 27.7. The fourth-order valence-electron chi connectivity index (χ4n) is 8.92. The van der Waals surface area contributed by atoms with Gasteiger partial charge in [-0.05, 0) is 114 Å². The van der Waals surface area contributed by atoms with Gasteiger partial charge in [0.25, 0.3) is 0 Å². The van der Waals surface area contributed by atoms with Gasteiger partial charge in [0.2, 0.25) is 0 Å². The Balaban J connectivity index is 1.27. The van der Waals surface area contributed by atoms with Crippen LogP contribution in [0.2, 0.25) is 0 Å². The number of para-hydroxylation sites is 1. The summed E-state index contributed by atoms with van der Waals surface area (Å²) in [5.41, 5.74) is 15.3. The van der Waals surface area contributed by atoms with Crippen molar-refractivity contribution in [1.82, 2.24) is 0 Å². The SMILES string of the molecule is CC(C)c1ccc(N(c2ccccc2)c2ccc3c4c(ccc3c2)-c2ccc3ccccc3c2C42c3ccccc3-c3ccccc32)cc1. The molecule has 0 atom stereocenters. The molecule has 0 N–H and O–H groups in total. The topological polar surface area (TPSA) is 3.24 Å². The van der Waals surface area contributed by atoms with Crippen molar-refractivity contribution in [1.29, 1.82) is 0 Å². The number of rotatable bonds is 4. The molecule has 49 heavy (non-hydrogen) atoms. The third-order valence-electron chi connectivity index (χ3n) is 11.0. The number of fused-ring (bicyclic) bond motifs is 14. The highest BCUT2D eigenvalue weighted by Gasteiger charge is 2.53. The van der Waals surface area contributed by atoms with E-state index in [1.165, 1.54) is 71.6 Å². The van der Waals surface area contributed by atoms with Crippen molar-refractivity contribution >= 4 is 38.6 Å². The van der Waals surface area contributed by atoms with Crippen molar-refractivity contribution in [2.45, 2.75) is 25.2 Å². The van der Waals surface area contributed by atoms with Gasteiger partial charge in [0.1, 0.15) is 0 Å². The molecule has 0 fully saturated rings. The van der Waals surface area contributed by atoms with Crippen LogP contribution in [-0.2, 0) is 5.41 Å². The second-order valence-corrected chi connectivity index (χ2v) is 13.9. The first kappa shape index (κ1) is 28.1. The normalized spacial score (nSPS) is 13.4. The van der Waals surface area contributed by atoms with E-state index < -0.39 is 5.41 Å². The Morgan fingerprint density at radius 3 is 1.61 bits per heavy atom. The third-order valence-corrected chi connectivity index (χ3v) is 11.0. The molecule has 232 valence electrons. The molecule has 0 bridgehead atoms. The minimum atomic E-state index is -0.425. The summed E-state index contributed by atoms with van der Waals surface area (Å²) in [7, 11) is 0. The second kappa shape index (κ2) is 10.5. The highest BCUT2D eigenvalue weighted by molar-refractivity contribution is 6.09. The first-order valence-corrected chi connectivity index (χ1v) is 17.4. The standard InChI is InChI=1S/C48H35N/c1-31(2)32-20-24-36(25-21-32)49(35-13-4-3-5-14-35)37-26-29-39-34(30-37)23-28-43-42-27-22-33-12-6-7-15-38(33)46(42)48(47(39)43)44-18-10-8-16-40(44)41-17-9-11-19-45(41)48/h3-31H,1-2H3. The largest absolute Gasteiger partial charge is 0.310 e. The number of nitrogens with zero attached hydrogens (tertiary/aromatic N) is 1. The lowest BCUT2D eigenvalue weighted by molar-refractivity contribution is 0.809. The Morgan fingerprint density at radius 1 is 0.408 bits per heavy atom. The Morgan fingerprint density at radius 2 is 0.939 bits per heavy atom. The molecule has 0 saturated carbocycles. The zero-order valence-corrected chi connectivity index (χ0v) is 27.7. The van der Waals surface area contributed by atoms with Gasteiger partial charge >= 0.3 is 0 Å². The molecule has 0 amide bonds. The van der Waals surface area contributed by atoms with Crippen molar-refractivity contribution in [3.05, 3.63) is 198 Å². The lowest BCUT2D eigenvalue weighted by Crippen LogP contribution is -2.26. The Kier molecular flexibility index (Phi) is 6.05. The number of hydrogen-bond donors (Lipinski definition) is 0. The summed E-state index contributed by atoms with van der Waals surface area (Å²) in [5.74, 6) is 0.487. The summed E-state index contributed by atoms with van der Waals surface area (Å²) in [6.45, 7) is 4.50. The average molecular weight is 626 g/mol. The number of hydrogen-bond acceptors (Lipinski definition) is 1. The highest BCUT2D eigenvalue weighted by Crippen LogP contribution is 2.65. The van der Waals surface area contributed by atoms with Crippen LogP contribution < -0.4 is 4.90 Å². The molecule has 1 heteroatoms. The molecule has 1 spiro atoms. The maximum Gasteiger partial charge on any atom is 0.0737 e. The molecule has 8 aromatic carbocycles. The van der Waals surface area contributed by atoms with Gasteiger partial charge in [0.15, 0.2) is 0 Å². The monoisotopic (exact) mass is 625 g/mol. The molecule has 0 saturated heterocycles. The smallest absolute Gasteiger partial charge is 0.0737 e. The van der Waals surface area contributed by atoms with Crippen molar-refractivity contribution in [2.75, 3.05) is 4.90 Å². The van der Waals surface area contributed by atoms with Gasteiger partial charge in [-0.2, -0.15) is 0 Å². The van der Waals surface area contributed by atoms with E-state index in [-0.39, 0.29) is 0 Å². The Hall–Kier alpha value is -5.92. The molecule has 0 unspecified atom stereocenters. The molecule has 10 rings (SSSR count). The maximum atomic E-state index is 2.39. The zero-order chi connectivity index (χ0) is 32.7. The Labute approximate surface area is 287 Å². The van der Waals surface area contributed by atoms with Gasteiger partial charge < -0.3 is 4.90 Å². The Bertz CT molecular complexity index is 2530. The highest BCUT2D eigenvalue weighted by atomic mass is 15.1. The van der Waals surface area contributed by atoms with Crippen LogP contribution in [0.15, 0.2) is 170 Å². The van der Waals surface area contributed by atoms with Gasteiger partial charge in [0, 0.05) is 17.1 Å². The van der Waals surface area contributed by atoms with E-state index in [1.807, 2.05) is 0 Å². The minimum Gasteiger partial charge on any atom is -0.310 e. The summed E-state index contributed by atoms with van der Waals surface area (Å²) >= 11 is 0. The van der Waals surface area contributed by atoms with Crippen LogP contribution in [0.25, 0.3) is 43.8 Å².